The van der Waals surface area contributed by atoms with Crippen LogP contribution in [0.2, 0.25) is 0 Å². The molecule has 27 heavy (non-hydrogen) atoms. The van der Waals surface area contributed by atoms with E-state index in [9.17, 15) is 4.79 Å². The van der Waals surface area contributed by atoms with Gasteiger partial charge in [0.05, 0.1) is 0 Å². The molecular weight excluding hydrogens is 358 g/mol. The Balaban J connectivity index is 1.58. The summed E-state index contributed by atoms with van der Waals surface area (Å²) in [5.74, 6) is 0.695. The smallest absolute Gasteiger partial charge is 0.229 e. The summed E-state index contributed by atoms with van der Waals surface area (Å²) in [6, 6.07) is 8.57. The number of likely N-dealkylation sites (tertiary alicyclic amines) is 1. The highest BCUT2D eigenvalue weighted by atomic mass is 32.1. The van der Waals surface area contributed by atoms with Gasteiger partial charge in [0.1, 0.15) is 0 Å². The van der Waals surface area contributed by atoms with Gasteiger partial charge < -0.3 is 11.1 Å². The van der Waals surface area contributed by atoms with Gasteiger partial charge in [-0.2, -0.15) is 0 Å². The Hall–Kier alpha value is -1.99. The Kier molecular flexibility index (Phi) is 6.44. The summed E-state index contributed by atoms with van der Waals surface area (Å²) in [6.07, 6.45) is 2.08. The quantitative estimate of drug-likeness (QED) is 0.792. The number of carbonyl (C=O) groups excluding carboxylic acids is 1. The number of rotatable bonds is 6. The molecule has 0 aliphatic carbocycles. The first-order valence-corrected chi connectivity index (χ1v) is 10.4. The first kappa shape index (κ1) is 19.8. The van der Waals surface area contributed by atoms with Gasteiger partial charge in [0.25, 0.3) is 0 Å². The van der Waals surface area contributed by atoms with Gasteiger partial charge in [-0.3, -0.25) is 9.69 Å². The van der Waals surface area contributed by atoms with E-state index in [-0.39, 0.29) is 17.7 Å². The van der Waals surface area contributed by atoms with Crippen molar-refractivity contribution in [3.05, 3.63) is 35.4 Å². The third-order valence-electron chi connectivity index (χ3n) is 5.49. The lowest BCUT2D eigenvalue weighted by atomic mass is 9.77. The van der Waals surface area contributed by atoms with Crippen LogP contribution in [0.15, 0.2) is 24.3 Å². The molecule has 1 aliphatic heterocycles. The Morgan fingerprint density at radius 2 is 2.00 bits per heavy atom. The molecule has 0 radical (unpaired) electrons. The van der Waals surface area contributed by atoms with Crippen LogP contribution in [0.3, 0.4) is 0 Å². The summed E-state index contributed by atoms with van der Waals surface area (Å²) in [6.45, 7) is 9.46. The largest absolute Gasteiger partial charge is 0.374 e. The molecule has 1 amide bonds. The van der Waals surface area contributed by atoms with Crippen LogP contribution in [-0.4, -0.2) is 34.1 Å². The van der Waals surface area contributed by atoms with E-state index in [1.165, 1.54) is 22.5 Å². The summed E-state index contributed by atoms with van der Waals surface area (Å²) in [5.41, 5.74) is 8.34. The number of piperidine rings is 1. The van der Waals surface area contributed by atoms with E-state index in [1.54, 1.807) is 0 Å². The van der Waals surface area contributed by atoms with Gasteiger partial charge in [-0.15, -0.1) is 10.2 Å². The predicted molar refractivity (Wildman–Crippen MR) is 110 cm³/mol. The fourth-order valence-electron chi connectivity index (χ4n) is 4.03. The molecule has 1 aromatic heterocycles. The summed E-state index contributed by atoms with van der Waals surface area (Å²) in [7, 11) is 0. The molecule has 1 fully saturated rings. The third-order valence-corrected chi connectivity index (χ3v) is 6.15. The number of nitrogens with one attached hydrogen (secondary N) is 1. The van der Waals surface area contributed by atoms with Crippen LogP contribution in [0, 0.1) is 24.7 Å². The topological polar surface area (TPSA) is 84.1 Å². The van der Waals surface area contributed by atoms with Crippen LogP contribution in [0.4, 0.5) is 10.3 Å². The highest BCUT2D eigenvalue weighted by molar-refractivity contribution is 7.18. The SMILES string of the molecule is Cc1ccccc1CN1CCC(C(C(=O)Nc2nnc(N)s2)C(C)C)CC1. The number of nitrogens with zero attached hydrogens (tertiary/aromatic N) is 3. The molecule has 0 spiro atoms. The van der Waals surface area contributed by atoms with Crippen molar-refractivity contribution in [1.82, 2.24) is 15.1 Å². The lowest BCUT2D eigenvalue weighted by Gasteiger charge is -2.37. The first-order chi connectivity index (χ1) is 12.9. The van der Waals surface area contributed by atoms with Gasteiger partial charge in [0.15, 0.2) is 0 Å². The minimum Gasteiger partial charge on any atom is -0.374 e. The summed E-state index contributed by atoms with van der Waals surface area (Å²) in [4.78, 5) is 15.4. The monoisotopic (exact) mass is 387 g/mol. The molecule has 1 atom stereocenters. The number of amides is 1. The summed E-state index contributed by atoms with van der Waals surface area (Å²) in [5, 5.41) is 11.5. The van der Waals surface area contributed by atoms with E-state index in [1.807, 2.05) is 0 Å². The second-order valence-electron chi connectivity index (χ2n) is 7.74. The van der Waals surface area contributed by atoms with Crippen molar-refractivity contribution in [1.29, 1.82) is 0 Å². The highest BCUT2D eigenvalue weighted by Crippen LogP contribution is 2.32. The lowest BCUT2D eigenvalue weighted by molar-refractivity contribution is -0.123. The fourth-order valence-corrected chi connectivity index (χ4v) is 4.55. The molecule has 3 N–H and O–H groups in total. The van der Waals surface area contributed by atoms with Crippen LogP contribution >= 0.6 is 11.3 Å². The molecule has 6 nitrogen and oxygen atoms in total. The number of hydrogen-bond acceptors (Lipinski definition) is 6. The van der Waals surface area contributed by atoms with Gasteiger partial charge in [0, 0.05) is 12.5 Å². The van der Waals surface area contributed by atoms with E-state index in [0.717, 1.165) is 32.5 Å². The highest BCUT2D eigenvalue weighted by Gasteiger charge is 2.34. The Morgan fingerprint density at radius 1 is 1.30 bits per heavy atom. The number of aryl methyl sites for hydroxylation is 1. The van der Waals surface area contributed by atoms with Crippen LogP contribution < -0.4 is 11.1 Å². The molecule has 1 saturated heterocycles. The third kappa shape index (κ3) is 5.05. The maximum Gasteiger partial charge on any atom is 0.229 e. The zero-order valence-corrected chi connectivity index (χ0v) is 17.1. The standard InChI is InChI=1S/C20H29N5OS/c1-13(2)17(18(26)22-20-24-23-19(21)27-20)15-8-10-25(11-9-15)12-16-7-5-4-6-14(16)3/h4-7,13,15,17H,8-12H2,1-3H3,(H2,21,23)(H,22,24,26). The molecule has 1 aliphatic rings. The first-order valence-electron chi connectivity index (χ1n) is 9.60. The number of anilines is 2. The van der Waals surface area contributed by atoms with Crippen LogP contribution in [-0.2, 0) is 11.3 Å². The van der Waals surface area contributed by atoms with Gasteiger partial charge in [-0.25, -0.2) is 0 Å². The van der Waals surface area contributed by atoms with E-state index in [0.29, 0.717) is 16.2 Å². The average molecular weight is 388 g/mol. The minimum absolute atomic E-state index is 0.0178. The second kappa shape index (κ2) is 8.80. The molecule has 1 aromatic carbocycles. The van der Waals surface area contributed by atoms with E-state index >= 15 is 0 Å². The van der Waals surface area contributed by atoms with Crippen LogP contribution in [0.5, 0.6) is 0 Å². The van der Waals surface area contributed by atoms with Gasteiger partial charge >= 0.3 is 0 Å². The van der Waals surface area contributed by atoms with E-state index in [2.05, 4.69) is 65.5 Å². The maximum atomic E-state index is 12.9. The predicted octanol–water partition coefficient (Wildman–Crippen LogP) is 3.55. The van der Waals surface area contributed by atoms with Crippen molar-refractivity contribution >= 4 is 27.5 Å². The summed E-state index contributed by atoms with van der Waals surface area (Å²) < 4.78 is 0. The molecule has 0 bridgehead atoms. The number of aromatic nitrogens is 2. The maximum absolute atomic E-state index is 12.9. The lowest BCUT2D eigenvalue weighted by Crippen LogP contribution is -2.41. The molecule has 2 aromatic rings. The zero-order valence-electron chi connectivity index (χ0n) is 16.3. The normalized spacial score (nSPS) is 17.2. The second-order valence-corrected chi connectivity index (χ2v) is 8.75. The minimum atomic E-state index is -0.0178. The van der Waals surface area contributed by atoms with Crippen LogP contribution in [0.25, 0.3) is 0 Å². The fraction of sp³-hybridized carbons (Fsp3) is 0.550. The van der Waals surface area contributed by atoms with Crippen molar-refractivity contribution in [2.75, 3.05) is 24.1 Å². The summed E-state index contributed by atoms with van der Waals surface area (Å²) >= 11 is 1.21. The van der Waals surface area contributed by atoms with E-state index < -0.39 is 0 Å². The number of nitrogen functional groups attached to an aromatic ring is 1. The zero-order chi connectivity index (χ0) is 19.4. The molecule has 2 heterocycles. The number of nitrogens with two attached hydrogens (primary N) is 1. The van der Waals surface area contributed by atoms with Crippen molar-refractivity contribution in [3.63, 3.8) is 0 Å². The van der Waals surface area contributed by atoms with Gasteiger partial charge in [-0.05, 0) is 55.8 Å². The Labute approximate surface area is 165 Å². The van der Waals surface area contributed by atoms with Crippen LogP contribution in [0.1, 0.15) is 37.8 Å². The molecule has 0 saturated carbocycles. The number of carbonyl (C=O) groups is 1. The Bertz CT molecular complexity index is 767. The van der Waals surface area contributed by atoms with E-state index in [4.69, 9.17) is 5.73 Å². The van der Waals surface area contributed by atoms with Gasteiger partial charge in [-0.1, -0.05) is 49.4 Å². The van der Waals surface area contributed by atoms with Crippen molar-refractivity contribution in [3.8, 4) is 0 Å². The van der Waals surface area contributed by atoms with Crippen molar-refractivity contribution in [2.45, 2.75) is 40.2 Å². The van der Waals surface area contributed by atoms with Gasteiger partial charge in [0.2, 0.25) is 16.2 Å². The van der Waals surface area contributed by atoms with Crippen molar-refractivity contribution < 1.29 is 4.79 Å². The molecule has 7 heteroatoms. The number of benzene rings is 1. The molecule has 3 rings (SSSR count). The number of hydrogen-bond donors (Lipinski definition) is 2. The molecule has 1 unspecified atom stereocenters. The van der Waals surface area contributed by atoms with Crippen molar-refractivity contribution in [2.24, 2.45) is 17.8 Å². The molecule has 146 valence electrons. The molecular formula is C20H29N5OS. The average Bonchev–Trinajstić information content (AvgIpc) is 3.03. The Morgan fingerprint density at radius 3 is 2.59 bits per heavy atom.